The molecule has 3 rings (SSSR count). The molecule has 0 atom stereocenters. The number of hydrogen-bond donors (Lipinski definition) is 0. The van der Waals surface area contributed by atoms with Crippen LogP contribution in [0.3, 0.4) is 0 Å². The molecule has 0 aliphatic carbocycles. The van der Waals surface area contributed by atoms with Crippen LogP contribution in [0.25, 0.3) is 15.8 Å². The first-order chi connectivity index (χ1) is 12.9. The number of nitro benzene ring substituents is 1. The lowest BCUT2D eigenvalue weighted by Crippen LogP contribution is -2.06. The van der Waals surface area contributed by atoms with E-state index in [2.05, 4.69) is 13.8 Å². The third-order valence-corrected chi connectivity index (χ3v) is 6.39. The monoisotopic (exact) mass is 404 g/mol. The summed E-state index contributed by atoms with van der Waals surface area (Å²) in [5, 5.41) is 12.3. The number of esters is 1. The molecular formula is C19H20N2O4S2. The van der Waals surface area contributed by atoms with Gasteiger partial charge < -0.3 is 9.30 Å². The maximum absolute atomic E-state index is 12.6. The van der Waals surface area contributed by atoms with Gasteiger partial charge >= 0.3 is 5.97 Å². The Hall–Kier alpha value is -2.32. The first kappa shape index (κ1) is 19.4. The van der Waals surface area contributed by atoms with Crippen molar-refractivity contribution in [2.45, 2.75) is 25.7 Å². The van der Waals surface area contributed by atoms with Gasteiger partial charge in [-0.1, -0.05) is 13.8 Å². The lowest BCUT2D eigenvalue weighted by molar-refractivity contribution is -0.384. The summed E-state index contributed by atoms with van der Waals surface area (Å²) in [5.41, 5.74) is 0.754. The van der Waals surface area contributed by atoms with Gasteiger partial charge in [0.1, 0.15) is 4.88 Å². The molecule has 0 aliphatic rings. The van der Waals surface area contributed by atoms with Crippen molar-refractivity contribution in [2.24, 2.45) is 5.92 Å². The molecule has 0 spiro atoms. The minimum atomic E-state index is -0.412. The summed E-state index contributed by atoms with van der Waals surface area (Å²) in [4.78, 5) is 24.8. The van der Waals surface area contributed by atoms with Gasteiger partial charge in [0, 0.05) is 45.3 Å². The third-order valence-electron chi connectivity index (χ3n) is 3.82. The van der Waals surface area contributed by atoms with Crippen molar-refractivity contribution in [3.05, 3.63) is 51.7 Å². The molecule has 6 nitrogen and oxygen atoms in total. The quantitative estimate of drug-likeness (QED) is 0.224. The van der Waals surface area contributed by atoms with Crippen molar-refractivity contribution in [1.82, 2.24) is 4.57 Å². The topological polar surface area (TPSA) is 74.4 Å². The number of aromatic nitrogens is 1. The molecule has 0 saturated heterocycles. The fourth-order valence-electron chi connectivity index (χ4n) is 2.70. The highest BCUT2D eigenvalue weighted by Gasteiger charge is 2.25. The van der Waals surface area contributed by atoms with Crippen LogP contribution < -0.4 is 0 Å². The second kappa shape index (κ2) is 8.14. The van der Waals surface area contributed by atoms with Gasteiger partial charge in [0.05, 0.1) is 17.2 Å². The number of ether oxygens (including phenoxy) is 1. The van der Waals surface area contributed by atoms with Crippen LogP contribution in [0, 0.1) is 16.0 Å². The van der Waals surface area contributed by atoms with Crippen LogP contribution in [0.1, 0.15) is 30.4 Å². The van der Waals surface area contributed by atoms with Gasteiger partial charge in [-0.2, -0.15) is 0 Å². The number of hydrogen-bond acceptors (Lipinski definition) is 6. The Labute approximate surface area is 165 Å². The molecule has 2 heterocycles. The maximum atomic E-state index is 12.6. The Balaban J connectivity index is 2.30. The first-order valence-electron chi connectivity index (χ1n) is 8.60. The van der Waals surface area contributed by atoms with Crippen molar-refractivity contribution in [3.8, 4) is 5.69 Å². The van der Waals surface area contributed by atoms with E-state index in [0.717, 1.165) is 21.7 Å². The van der Waals surface area contributed by atoms with Gasteiger partial charge in [-0.15, -0.1) is 23.1 Å². The largest absolute Gasteiger partial charge is 0.462 e. The van der Waals surface area contributed by atoms with Crippen molar-refractivity contribution < 1.29 is 14.5 Å². The number of thioether (sulfide) groups is 1. The lowest BCUT2D eigenvalue weighted by Gasteiger charge is -2.10. The number of benzene rings is 1. The molecule has 0 N–H and O–H groups in total. The highest BCUT2D eigenvalue weighted by molar-refractivity contribution is 7.99. The molecule has 27 heavy (non-hydrogen) atoms. The van der Waals surface area contributed by atoms with E-state index < -0.39 is 10.9 Å². The van der Waals surface area contributed by atoms with Crippen LogP contribution in [0.15, 0.2) is 41.6 Å². The molecule has 0 radical (unpaired) electrons. The second-order valence-electron chi connectivity index (χ2n) is 6.37. The third kappa shape index (κ3) is 4.01. The summed E-state index contributed by atoms with van der Waals surface area (Å²) in [6, 6.07) is 6.90. The highest BCUT2D eigenvalue weighted by atomic mass is 32.2. The zero-order valence-corrected chi connectivity index (χ0v) is 16.9. The van der Waals surface area contributed by atoms with Crippen LogP contribution in [-0.4, -0.2) is 27.8 Å². The van der Waals surface area contributed by atoms with E-state index >= 15 is 0 Å². The Bertz CT molecular complexity index is 977. The molecule has 0 bridgehead atoms. The van der Waals surface area contributed by atoms with E-state index in [-0.39, 0.29) is 12.3 Å². The predicted molar refractivity (Wildman–Crippen MR) is 109 cm³/mol. The zero-order valence-electron chi connectivity index (χ0n) is 15.3. The number of rotatable bonds is 7. The average molecular weight is 405 g/mol. The second-order valence-corrected chi connectivity index (χ2v) is 8.48. The van der Waals surface area contributed by atoms with Crippen molar-refractivity contribution in [3.63, 3.8) is 0 Å². The van der Waals surface area contributed by atoms with E-state index in [1.54, 1.807) is 24.8 Å². The van der Waals surface area contributed by atoms with Crippen LogP contribution >= 0.6 is 23.1 Å². The molecule has 3 aromatic rings. The molecule has 8 heteroatoms. The number of fused-ring (bicyclic) bond motifs is 1. The van der Waals surface area contributed by atoms with Crippen molar-refractivity contribution in [1.29, 1.82) is 0 Å². The summed E-state index contributed by atoms with van der Waals surface area (Å²) in [6.45, 7) is 6.24. The number of non-ortho nitro benzene ring substituents is 1. The Kier molecular flexibility index (Phi) is 5.86. The van der Waals surface area contributed by atoms with E-state index in [9.17, 15) is 14.9 Å². The molecule has 0 fully saturated rings. The van der Waals surface area contributed by atoms with Crippen LogP contribution in [0.5, 0.6) is 0 Å². The van der Waals surface area contributed by atoms with E-state index in [4.69, 9.17) is 4.74 Å². The Morgan fingerprint density at radius 1 is 1.33 bits per heavy atom. The number of thiophene rings is 1. The van der Waals surface area contributed by atoms with Crippen molar-refractivity contribution >= 4 is 44.8 Å². The maximum Gasteiger partial charge on any atom is 0.350 e. The fourth-order valence-corrected chi connectivity index (χ4v) is 4.99. The van der Waals surface area contributed by atoms with Gasteiger partial charge in [-0.05, 0) is 25.0 Å². The molecule has 0 saturated carbocycles. The molecule has 2 aromatic heterocycles. The van der Waals surface area contributed by atoms with Gasteiger partial charge in [-0.3, -0.25) is 10.1 Å². The molecule has 0 amide bonds. The minimum absolute atomic E-state index is 0.0319. The normalized spacial score (nSPS) is 11.3. The first-order valence-corrected chi connectivity index (χ1v) is 10.4. The lowest BCUT2D eigenvalue weighted by atomic mass is 10.2. The smallest absolute Gasteiger partial charge is 0.350 e. The Morgan fingerprint density at radius 3 is 2.63 bits per heavy atom. The molecule has 1 aromatic carbocycles. The summed E-state index contributed by atoms with van der Waals surface area (Å²) in [7, 11) is 0. The minimum Gasteiger partial charge on any atom is -0.462 e. The molecule has 0 aliphatic heterocycles. The number of carbonyl (C=O) groups is 1. The predicted octanol–water partition coefficient (Wildman–Crippen LogP) is 5.53. The summed E-state index contributed by atoms with van der Waals surface area (Å²) in [5.74, 6) is 0.846. The number of carbonyl (C=O) groups excluding carboxylic acids is 1. The van der Waals surface area contributed by atoms with Gasteiger partial charge in [0.15, 0.2) is 0 Å². The molecule has 142 valence electrons. The van der Waals surface area contributed by atoms with E-state index in [1.165, 1.54) is 17.4 Å². The summed E-state index contributed by atoms with van der Waals surface area (Å²) >= 11 is 2.81. The summed E-state index contributed by atoms with van der Waals surface area (Å²) < 4.78 is 7.81. The average Bonchev–Trinajstić information content (AvgIpc) is 3.26. The highest BCUT2D eigenvalue weighted by Crippen LogP contribution is 2.43. The van der Waals surface area contributed by atoms with Crippen LogP contribution in [-0.2, 0) is 4.74 Å². The van der Waals surface area contributed by atoms with Crippen molar-refractivity contribution in [2.75, 3.05) is 12.4 Å². The molecular weight excluding hydrogens is 384 g/mol. The zero-order chi connectivity index (χ0) is 19.6. The Morgan fingerprint density at radius 2 is 2.04 bits per heavy atom. The van der Waals surface area contributed by atoms with E-state index in [1.807, 2.05) is 29.1 Å². The number of nitro groups is 1. The van der Waals surface area contributed by atoms with Crippen LogP contribution in [0.2, 0.25) is 0 Å². The summed E-state index contributed by atoms with van der Waals surface area (Å²) in [6.07, 6.45) is 3.73. The van der Waals surface area contributed by atoms with Gasteiger partial charge in [-0.25, -0.2) is 4.79 Å². The molecule has 0 unspecified atom stereocenters. The van der Waals surface area contributed by atoms with E-state index in [0.29, 0.717) is 15.5 Å². The van der Waals surface area contributed by atoms with Crippen LogP contribution in [0.4, 0.5) is 5.69 Å². The fraction of sp³-hybridized carbons (Fsp3) is 0.316. The number of nitrogens with zero attached hydrogens (tertiary/aromatic N) is 2. The SMILES string of the molecule is CCOC(=O)c1sc2cc([N+](=O)[O-])cc(SCC(C)C)c2c1-n1cccc1. The van der Waals surface area contributed by atoms with Gasteiger partial charge in [0.2, 0.25) is 0 Å². The standard InChI is InChI=1S/C19H20N2O4S2/c1-4-25-19(22)18-17(20-7-5-6-8-20)16-14(26-11-12(2)3)9-13(21(23)24)10-15(16)27-18/h5-10,12H,4,11H2,1-3H3. The van der Waals surface area contributed by atoms with Gasteiger partial charge in [0.25, 0.3) is 5.69 Å².